The predicted octanol–water partition coefficient (Wildman–Crippen LogP) is 4.77. The van der Waals surface area contributed by atoms with Gasteiger partial charge in [0.2, 0.25) is 0 Å². The number of rotatable bonds is 2. The Balaban J connectivity index is 2.49. The first-order valence-electron chi connectivity index (χ1n) is 5.48. The molecule has 0 heterocycles. The van der Waals surface area contributed by atoms with Crippen molar-refractivity contribution in [1.29, 1.82) is 0 Å². The normalized spacial score (nSPS) is 12.5. The Kier molecular flexibility index (Phi) is 4.23. The minimum Gasteiger partial charge on any atom is -0.384 e. The van der Waals surface area contributed by atoms with Crippen LogP contribution >= 0.6 is 27.5 Å². The van der Waals surface area contributed by atoms with Crippen LogP contribution in [0.5, 0.6) is 0 Å². The van der Waals surface area contributed by atoms with E-state index in [1.165, 1.54) is 0 Å². The Labute approximate surface area is 123 Å². The molecule has 2 aromatic rings. The van der Waals surface area contributed by atoms with Gasteiger partial charge >= 0.3 is 0 Å². The summed E-state index contributed by atoms with van der Waals surface area (Å²) in [6.45, 7) is 1.87. The second-order valence-corrected chi connectivity index (χ2v) is 5.58. The molecule has 0 saturated heterocycles. The molecule has 0 radical (unpaired) electrons. The highest BCUT2D eigenvalue weighted by Gasteiger charge is 2.18. The van der Waals surface area contributed by atoms with E-state index in [0.717, 1.165) is 22.2 Å². The van der Waals surface area contributed by atoms with Crippen molar-refractivity contribution in [1.82, 2.24) is 0 Å². The predicted molar refractivity (Wildman–Crippen MR) is 74.3 cm³/mol. The number of hydrogen-bond donors (Lipinski definition) is 1. The number of aryl methyl sites for hydroxylation is 1. The molecule has 5 heteroatoms. The van der Waals surface area contributed by atoms with Gasteiger partial charge in [-0.2, -0.15) is 0 Å². The lowest BCUT2D eigenvalue weighted by molar-refractivity contribution is 0.219. The zero-order chi connectivity index (χ0) is 14.2. The molecule has 1 atom stereocenters. The van der Waals surface area contributed by atoms with Gasteiger partial charge < -0.3 is 5.11 Å². The van der Waals surface area contributed by atoms with Crippen LogP contribution in [0.2, 0.25) is 5.02 Å². The number of benzene rings is 2. The van der Waals surface area contributed by atoms with Crippen LogP contribution in [0.3, 0.4) is 0 Å². The second kappa shape index (κ2) is 5.57. The summed E-state index contributed by atoms with van der Waals surface area (Å²) in [5.41, 5.74) is 1.62. The van der Waals surface area contributed by atoms with E-state index in [1.807, 2.05) is 13.0 Å². The fourth-order valence-corrected chi connectivity index (χ4v) is 2.73. The average Bonchev–Trinajstić information content (AvgIpc) is 2.31. The van der Waals surface area contributed by atoms with Crippen molar-refractivity contribution < 1.29 is 13.9 Å². The van der Waals surface area contributed by atoms with Crippen LogP contribution in [0.1, 0.15) is 22.8 Å². The fraction of sp³-hybridized carbons (Fsp3) is 0.143. The molecule has 1 nitrogen and oxygen atoms in total. The maximum atomic E-state index is 13.2. The third-order valence-corrected chi connectivity index (χ3v) is 3.50. The molecule has 19 heavy (non-hydrogen) atoms. The van der Waals surface area contributed by atoms with Crippen LogP contribution < -0.4 is 0 Å². The molecule has 1 unspecified atom stereocenters. The lowest BCUT2D eigenvalue weighted by Gasteiger charge is -2.14. The quantitative estimate of drug-likeness (QED) is 0.776. The molecule has 0 amide bonds. The maximum Gasteiger partial charge on any atom is 0.160 e. The van der Waals surface area contributed by atoms with Gasteiger partial charge in [-0.15, -0.1) is 0 Å². The largest absolute Gasteiger partial charge is 0.384 e. The lowest BCUT2D eigenvalue weighted by Crippen LogP contribution is -2.03. The number of halogens is 4. The first-order valence-corrected chi connectivity index (χ1v) is 6.65. The van der Waals surface area contributed by atoms with Crippen LogP contribution in [0.15, 0.2) is 34.8 Å². The van der Waals surface area contributed by atoms with Crippen LogP contribution in [-0.4, -0.2) is 5.11 Å². The van der Waals surface area contributed by atoms with E-state index in [1.54, 1.807) is 12.1 Å². The van der Waals surface area contributed by atoms with E-state index in [9.17, 15) is 13.9 Å². The average molecular weight is 348 g/mol. The molecule has 0 bridgehead atoms. The molecular weight excluding hydrogens is 338 g/mol. The SMILES string of the molecule is Cc1cc(Br)cc(C(O)c2cc(F)c(F)cc2Cl)c1. The van der Waals surface area contributed by atoms with E-state index in [0.29, 0.717) is 5.56 Å². The molecule has 2 rings (SSSR count). The van der Waals surface area contributed by atoms with Crippen molar-refractivity contribution in [2.45, 2.75) is 13.0 Å². The molecule has 2 aromatic carbocycles. The molecule has 0 aromatic heterocycles. The Morgan fingerprint density at radius 2 is 1.74 bits per heavy atom. The molecule has 0 aliphatic rings. The third-order valence-electron chi connectivity index (χ3n) is 2.71. The third kappa shape index (κ3) is 3.14. The first kappa shape index (κ1) is 14.4. The minimum atomic E-state index is -1.11. The second-order valence-electron chi connectivity index (χ2n) is 4.25. The van der Waals surface area contributed by atoms with E-state index >= 15 is 0 Å². The van der Waals surface area contributed by atoms with Gasteiger partial charge in [-0.3, -0.25) is 0 Å². The van der Waals surface area contributed by atoms with Crippen LogP contribution in [0, 0.1) is 18.6 Å². The van der Waals surface area contributed by atoms with Crippen molar-refractivity contribution >= 4 is 27.5 Å². The number of aliphatic hydroxyl groups is 1. The van der Waals surface area contributed by atoms with Gasteiger partial charge in [-0.25, -0.2) is 8.78 Å². The standard InChI is InChI=1S/C14H10BrClF2O/c1-7-2-8(4-9(15)3-7)14(19)10-5-12(17)13(18)6-11(10)16/h2-6,14,19H,1H3. The smallest absolute Gasteiger partial charge is 0.160 e. The highest BCUT2D eigenvalue weighted by Crippen LogP contribution is 2.31. The Hall–Kier alpha value is -0.970. The summed E-state index contributed by atoms with van der Waals surface area (Å²) in [5, 5.41) is 10.2. The summed E-state index contributed by atoms with van der Waals surface area (Å²) in [6.07, 6.45) is -1.11. The van der Waals surface area contributed by atoms with Gasteiger partial charge in [-0.05, 0) is 42.3 Å². The van der Waals surface area contributed by atoms with Crippen molar-refractivity contribution in [2.75, 3.05) is 0 Å². The number of aliphatic hydroxyl groups excluding tert-OH is 1. The molecule has 0 saturated carbocycles. The summed E-state index contributed by atoms with van der Waals surface area (Å²) in [4.78, 5) is 0. The van der Waals surface area contributed by atoms with Crippen molar-refractivity contribution in [3.8, 4) is 0 Å². The van der Waals surface area contributed by atoms with Crippen molar-refractivity contribution in [3.63, 3.8) is 0 Å². The van der Waals surface area contributed by atoms with Gasteiger partial charge in [0.25, 0.3) is 0 Å². The zero-order valence-corrected chi connectivity index (χ0v) is 12.3. The molecule has 0 fully saturated rings. The van der Waals surface area contributed by atoms with E-state index in [-0.39, 0.29) is 10.6 Å². The Morgan fingerprint density at radius 3 is 2.37 bits per heavy atom. The van der Waals surface area contributed by atoms with Gasteiger partial charge in [0, 0.05) is 15.1 Å². The summed E-state index contributed by atoms with van der Waals surface area (Å²) in [5.74, 6) is -2.07. The lowest BCUT2D eigenvalue weighted by atomic mass is 10.00. The van der Waals surface area contributed by atoms with Gasteiger partial charge in [0.05, 0.1) is 0 Å². The van der Waals surface area contributed by atoms with Crippen molar-refractivity contribution in [2.24, 2.45) is 0 Å². The molecular formula is C14H10BrClF2O. The van der Waals surface area contributed by atoms with Crippen LogP contribution in [0.25, 0.3) is 0 Å². The Morgan fingerprint density at radius 1 is 1.11 bits per heavy atom. The van der Waals surface area contributed by atoms with E-state index < -0.39 is 17.7 Å². The molecule has 0 aliphatic heterocycles. The summed E-state index contributed by atoms with van der Waals surface area (Å²) < 4.78 is 27.0. The highest BCUT2D eigenvalue weighted by atomic mass is 79.9. The molecule has 0 spiro atoms. The summed E-state index contributed by atoms with van der Waals surface area (Å²) >= 11 is 9.17. The monoisotopic (exact) mass is 346 g/mol. The zero-order valence-electron chi connectivity index (χ0n) is 9.92. The van der Waals surface area contributed by atoms with Gasteiger partial charge in [0.15, 0.2) is 11.6 Å². The van der Waals surface area contributed by atoms with Crippen molar-refractivity contribution in [3.05, 3.63) is 68.2 Å². The number of hydrogen-bond acceptors (Lipinski definition) is 1. The van der Waals surface area contributed by atoms with Crippen LogP contribution in [-0.2, 0) is 0 Å². The van der Waals surface area contributed by atoms with E-state index in [2.05, 4.69) is 15.9 Å². The molecule has 1 N–H and O–H groups in total. The minimum absolute atomic E-state index is 0.0102. The van der Waals surface area contributed by atoms with Gasteiger partial charge in [0.1, 0.15) is 6.10 Å². The van der Waals surface area contributed by atoms with E-state index in [4.69, 9.17) is 11.6 Å². The molecule has 100 valence electrons. The maximum absolute atomic E-state index is 13.2. The molecule has 0 aliphatic carbocycles. The Bertz CT molecular complexity index is 611. The topological polar surface area (TPSA) is 20.2 Å². The first-order chi connectivity index (χ1) is 8.88. The summed E-state index contributed by atoms with van der Waals surface area (Å²) in [6, 6.07) is 7.12. The fourth-order valence-electron chi connectivity index (χ4n) is 1.85. The highest BCUT2D eigenvalue weighted by molar-refractivity contribution is 9.10. The van der Waals surface area contributed by atoms with Crippen LogP contribution in [0.4, 0.5) is 8.78 Å². The van der Waals surface area contributed by atoms with Gasteiger partial charge in [-0.1, -0.05) is 33.6 Å². The summed E-state index contributed by atoms with van der Waals surface area (Å²) in [7, 11) is 0.